The normalized spacial score (nSPS) is 10.4. The smallest absolute Gasteiger partial charge is 0.142 e. The van der Waals surface area contributed by atoms with Gasteiger partial charge in [-0.25, -0.2) is 4.39 Å². The molecule has 0 fully saturated rings. The van der Waals surface area contributed by atoms with Crippen molar-refractivity contribution in [2.24, 2.45) is 0 Å². The van der Waals surface area contributed by atoms with Crippen LogP contribution in [0.3, 0.4) is 0 Å². The molecule has 0 aliphatic carbocycles. The molecule has 0 aliphatic rings. The molecule has 0 amide bonds. The second kappa shape index (κ2) is 6.21. The number of ether oxygens (including phenoxy) is 1. The van der Waals surface area contributed by atoms with E-state index in [4.69, 9.17) is 16.3 Å². The van der Waals surface area contributed by atoms with Gasteiger partial charge in [-0.15, -0.1) is 0 Å². The predicted molar refractivity (Wildman–Crippen MR) is 74.8 cm³/mol. The summed E-state index contributed by atoms with van der Waals surface area (Å²) in [6.07, 6.45) is 0. The van der Waals surface area contributed by atoms with Crippen molar-refractivity contribution in [2.45, 2.75) is 11.9 Å². The molecule has 0 N–H and O–H groups in total. The number of alkyl halides is 1. The Morgan fingerprint density at radius 3 is 2.67 bits per heavy atom. The summed E-state index contributed by atoms with van der Waals surface area (Å²) in [5.41, 5.74) is 1.89. The van der Waals surface area contributed by atoms with Crippen LogP contribution in [0.1, 0.15) is 11.1 Å². The molecule has 0 spiro atoms. The van der Waals surface area contributed by atoms with E-state index < -0.39 is 5.82 Å². The molecular weight excluding hydrogens is 319 g/mol. The molecule has 94 valence electrons. The molecule has 0 heterocycles. The van der Waals surface area contributed by atoms with Gasteiger partial charge in [-0.1, -0.05) is 45.7 Å². The molecule has 0 saturated carbocycles. The van der Waals surface area contributed by atoms with E-state index in [1.165, 1.54) is 12.1 Å². The summed E-state index contributed by atoms with van der Waals surface area (Å²) in [4.78, 5) is 0. The van der Waals surface area contributed by atoms with Crippen molar-refractivity contribution in [3.8, 4) is 5.75 Å². The fourth-order valence-electron chi connectivity index (χ4n) is 1.51. The van der Waals surface area contributed by atoms with E-state index in [0.717, 1.165) is 22.2 Å². The van der Waals surface area contributed by atoms with Gasteiger partial charge in [-0.05, 0) is 35.4 Å². The zero-order chi connectivity index (χ0) is 13.0. The first-order chi connectivity index (χ1) is 8.69. The molecule has 0 bridgehead atoms. The molecule has 0 atom stereocenters. The van der Waals surface area contributed by atoms with Gasteiger partial charge in [0.05, 0.1) is 5.02 Å². The number of benzene rings is 2. The first-order valence-electron chi connectivity index (χ1n) is 5.40. The molecular formula is C14H11BrClFO. The fraction of sp³-hybridized carbons (Fsp3) is 0.143. The van der Waals surface area contributed by atoms with Crippen molar-refractivity contribution in [3.63, 3.8) is 0 Å². The first kappa shape index (κ1) is 13.4. The molecule has 18 heavy (non-hydrogen) atoms. The lowest BCUT2D eigenvalue weighted by Gasteiger charge is -2.07. The zero-order valence-corrected chi connectivity index (χ0v) is 11.8. The van der Waals surface area contributed by atoms with Crippen molar-refractivity contribution < 1.29 is 9.13 Å². The van der Waals surface area contributed by atoms with E-state index in [1.807, 2.05) is 24.3 Å². The molecule has 4 heteroatoms. The number of hydrogen-bond acceptors (Lipinski definition) is 1. The summed E-state index contributed by atoms with van der Waals surface area (Å²) in [6.45, 7) is 0.319. The van der Waals surface area contributed by atoms with Gasteiger partial charge >= 0.3 is 0 Å². The Morgan fingerprint density at radius 1 is 1.11 bits per heavy atom. The van der Waals surface area contributed by atoms with E-state index in [2.05, 4.69) is 15.9 Å². The lowest BCUT2D eigenvalue weighted by atomic mass is 10.2. The zero-order valence-electron chi connectivity index (χ0n) is 9.50. The summed E-state index contributed by atoms with van der Waals surface area (Å²) in [5, 5.41) is 0.903. The van der Waals surface area contributed by atoms with Crippen molar-refractivity contribution in [1.29, 1.82) is 0 Å². The van der Waals surface area contributed by atoms with Crippen molar-refractivity contribution in [3.05, 3.63) is 64.4 Å². The largest absolute Gasteiger partial charge is 0.489 e. The third kappa shape index (κ3) is 3.47. The highest BCUT2D eigenvalue weighted by atomic mass is 79.9. The number of rotatable bonds is 4. The Labute approximate surface area is 119 Å². The standard InChI is InChI=1S/C14H11BrClFO/c15-8-10-2-1-3-12(6-10)18-9-11-4-5-13(16)14(17)7-11/h1-7H,8-9H2. The Balaban J connectivity index is 2.04. The molecule has 2 aromatic rings. The van der Waals surface area contributed by atoms with E-state index in [0.29, 0.717) is 6.61 Å². The summed E-state index contributed by atoms with van der Waals surface area (Å²) in [5.74, 6) is 0.342. The van der Waals surface area contributed by atoms with Crippen LogP contribution in [0.4, 0.5) is 4.39 Å². The van der Waals surface area contributed by atoms with E-state index >= 15 is 0 Å². The minimum Gasteiger partial charge on any atom is -0.489 e. The van der Waals surface area contributed by atoms with Crippen LogP contribution in [0.2, 0.25) is 5.02 Å². The van der Waals surface area contributed by atoms with Gasteiger partial charge in [0.1, 0.15) is 18.2 Å². The summed E-state index contributed by atoms with van der Waals surface area (Å²) in [6, 6.07) is 12.4. The molecule has 2 rings (SSSR count). The maximum Gasteiger partial charge on any atom is 0.142 e. The van der Waals surface area contributed by atoms with E-state index in [-0.39, 0.29) is 5.02 Å². The van der Waals surface area contributed by atoms with Crippen LogP contribution in [0.25, 0.3) is 0 Å². The van der Waals surface area contributed by atoms with Crippen LogP contribution in [0.15, 0.2) is 42.5 Å². The second-order valence-electron chi connectivity index (χ2n) is 3.82. The van der Waals surface area contributed by atoms with Crippen LogP contribution in [0, 0.1) is 5.82 Å². The topological polar surface area (TPSA) is 9.23 Å². The third-order valence-corrected chi connectivity index (χ3v) is 3.40. The van der Waals surface area contributed by atoms with Crippen LogP contribution < -0.4 is 4.74 Å². The molecule has 0 aliphatic heterocycles. The Morgan fingerprint density at radius 2 is 1.94 bits per heavy atom. The second-order valence-corrected chi connectivity index (χ2v) is 4.79. The summed E-state index contributed by atoms with van der Waals surface area (Å²) < 4.78 is 18.8. The molecule has 0 saturated heterocycles. The van der Waals surface area contributed by atoms with Gasteiger partial charge in [0.2, 0.25) is 0 Å². The average Bonchev–Trinajstić information content (AvgIpc) is 2.40. The fourth-order valence-corrected chi connectivity index (χ4v) is 1.98. The third-order valence-electron chi connectivity index (χ3n) is 2.44. The lowest BCUT2D eigenvalue weighted by molar-refractivity contribution is 0.305. The lowest BCUT2D eigenvalue weighted by Crippen LogP contribution is -1.96. The monoisotopic (exact) mass is 328 g/mol. The molecule has 0 aromatic heterocycles. The SMILES string of the molecule is Fc1cc(COc2cccc(CBr)c2)ccc1Cl. The highest BCUT2D eigenvalue weighted by Crippen LogP contribution is 2.19. The summed E-state index contributed by atoms with van der Waals surface area (Å²) in [7, 11) is 0. The van der Waals surface area contributed by atoms with Gasteiger partial charge in [0.25, 0.3) is 0 Å². The van der Waals surface area contributed by atoms with Crippen molar-refractivity contribution in [1.82, 2.24) is 0 Å². The van der Waals surface area contributed by atoms with Crippen LogP contribution in [0.5, 0.6) is 5.75 Å². The number of halogens is 3. The van der Waals surface area contributed by atoms with Crippen LogP contribution in [-0.4, -0.2) is 0 Å². The van der Waals surface area contributed by atoms with Crippen LogP contribution >= 0.6 is 27.5 Å². The van der Waals surface area contributed by atoms with Crippen LogP contribution in [-0.2, 0) is 11.9 Å². The predicted octanol–water partition coefficient (Wildman–Crippen LogP) is 4.95. The molecule has 2 aromatic carbocycles. The van der Waals surface area contributed by atoms with E-state index in [1.54, 1.807) is 6.07 Å². The van der Waals surface area contributed by atoms with Gasteiger partial charge < -0.3 is 4.74 Å². The minimum atomic E-state index is -0.424. The first-order valence-corrected chi connectivity index (χ1v) is 6.90. The Kier molecular flexibility index (Phi) is 4.61. The van der Waals surface area contributed by atoms with Gasteiger partial charge in [-0.3, -0.25) is 0 Å². The van der Waals surface area contributed by atoms with Gasteiger partial charge in [0.15, 0.2) is 0 Å². The maximum absolute atomic E-state index is 13.2. The summed E-state index contributed by atoms with van der Waals surface area (Å²) >= 11 is 9.00. The number of hydrogen-bond donors (Lipinski definition) is 0. The highest BCUT2D eigenvalue weighted by molar-refractivity contribution is 9.08. The quantitative estimate of drug-likeness (QED) is 0.721. The Hall–Kier alpha value is -1.06. The average molecular weight is 330 g/mol. The van der Waals surface area contributed by atoms with Gasteiger partial charge in [0, 0.05) is 5.33 Å². The molecule has 0 radical (unpaired) electrons. The van der Waals surface area contributed by atoms with E-state index in [9.17, 15) is 4.39 Å². The molecule has 1 nitrogen and oxygen atoms in total. The molecule has 0 unspecified atom stereocenters. The maximum atomic E-state index is 13.2. The highest BCUT2D eigenvalue weighted by Gasteiger charge is 2.02. The van der Waals surface area contributed by atoms with Crippen molar-refractivity contribution in [2.75, 3.05) is 0 Å². The van der Waals surface area contributed by atoms with Gasteiger partial charge in [-0.2, -0.15) is 0 Å². The van der Waals surface area contributed by atoms with Crippen molar-refractivity contribution >= 4 is 27.5 Å². The Bertz CT molecular complexity index is 545. The minimum absolute atomic E-state index is 0.125.